The molecule has 1 aliphatic heterocycles. The lowest BCUT2D eigenvalue weighted by atomic mass is 10.1. The number of hydrogen-bond donors (Lipinski definition) is 1. The molecule has 1 heterocycles. The Kier molecular flexibility index (Phi) is 5.91. The normalized spacial score (nSPS) is 18.8. The van der Waals surface area contributed by atoms with Crippen LogP contribution in [-0.4, -0.2) is 61.3 Å². The van der Waals surface area contributed by atoms with E-state index in [0.717, 1.165) is 5.56 Å². The summed E-state index contributed by atoms with van der Waals surface area (Å²) >= 11 is 0. The summed E-state index contributed by atoms with van der Waals surface area (Å²) in [7, 11) is -3.47. The van der Waals surface area contributed by atoms with Crippen LogP contribution in [0.15, 0.2) is 29.2 Å². The van der Waals surface area contributed by atoms with E-state index in [9.17, 15) is 13.2 Å². The maximum atomic E-state index is 12.7. The molecule has 6 nitrogen and oxygen atoms in total. The smallest absolute Gasteiger partial charge is 0.243 e. The average molecular weight is 368 g/mol. The molecule has 0 aliphatic carbocycles. The molecule has 1 aromatic rings. The van der Waals surface area contributed by atoms with Crippen molar-refractivity contribution in [3.63, 3.8) is 0 Å². The van der Waals surface area contributed by atoms with Gasteiger partial charge in [-0.1, -0.05) is 17.7 Å². The Balaban J connectivity index is 1.99. The molecule has 0 aromatic heterocycles. The zero-order valence-corrected chi connectivity index (χ0v) is 16.6. The second kappa shape index (κ2) is 7.43. The van der Waals surface area contributed by atoms with Gasteiger partial charge >= 0.3 is 0 Å². The van der Waals surface area contributed by atoms with Gasteiger partial charge in [-0.3, -0.25) is 9.69 Å². The van der Waals surface area contributed by atoms with Gasteiger partial charge in [0.05, 0.1) is 10.9 Å². The van der Waals surface area contributed by atoms with Crippen LogP contribution in [0.4, 0.5) is 0 Å². The zero-order chi connectivity index (χ0) is 18.8. The highest BCUT2D eigenvalue weighted by Gasteiger charge is 2.32. The number of carbonyl (C=O) groups excluding carboxylic acids is 1. The van der Waals surface area contributed by atoms with Crippen LogP contribution in [0.3, 0.4) is 0 Å². The number of aryl methyl sites for hydroxylation is 1. The van der Waals surface area contributed by atoms with Crippen LogP contribution in [0.2, 0.25) is 0 Å². The van der Waals surface area contributed by atoms with Gasteiger partial charge in [-0.2, -0.15) is 4.31 Å². The van der Waals surface area contributed by atoms with Gasteiger partial charge in [0.2, 0.25) is 15.9 Å². The third kappa shape index (κ3) is 5.03. The van der Waals surface area contributed by atoms with Crippen molar-refractivity contribution in [1.29, 1.82) is 0 Å². The van der Waals surface area contributed by atoms with E-state index in [1.54, 1.807) is 12.1 Å². The van der Waals surface area contributed by atoms with Crippen LogP contribution in [-0.2, 0) is 14.8 Å². The first kappa shape index (κ1) is 19.9. The maximum Gasteiger partial charge on any atom is 0.243 e. The largest absolute Gasteiger partial charge is 0.350 e. The molecule has 1 aromatic carbocycles. The summed E-state index contributed by atoms with van der Waals surface area (Å²) in [4.78, 5) is 14.7. The van der Waals surface area contributed by atoms with E-state index in [4.69, 9.17) is 0 Å². The predicted octanol–water partition coefficient (Wildman–Crippen LogP) is 1.60. The first-order chi connectivity index (χ1) is 11.5. The molecule has 0 radical (unpaired) electrons. The van der Waals surface area contributed by atoms with Gasteiger partial charge in [0.25, 0.3) is 0 Å². The maximum absolute atomic E-state index is 12.7. The summed E-state index contributed by atoms with van der Waals surface area (Å²) in [5.74, 6) is -0.0256. The molecule has 0 unspecified atom stereocenters. The van der Waals surface area contributed by atoms with E-state index in [0.29, 0.717) is 31.1 Å². The standard InChI is InChI=1S/C18H29N3O3S/c1-14-6-8-16(9-7-14)25(23,24)21-12-10-20(11-13-21)15(2)17(22)19-18(3,4)5/h6-9,15H,10-13H2,1-5H3,(H,19,22)/t15-/m0/s1. The van der Waals surface area contributed by atoms with Crippen LogP contribution < -0.4 is 5.32 Å². The summed E-state index contributed by atoms with van der Waals surface area (Å²) in [5.41, 5.74) is 0.754. The minimum Gasteiger partial charge on any atom is -0.350 e. The van der Waals surface area contributed by atoms with Gasteiger partial charge in [0.15, 0.2) is 0 Å². The van der Waals surface area contributed by atoms with Crippen molar-refractivity contribution in [2.24, 2.45) is 0 Å². The predicted molar refractivity (Wildman–Crippen MR) is 98.9 cm³/mol. The summed E-state index contributed by atoms with van der Waals surface area (Å²) in [6, 6.07) is 6.64. The lowest BCUT2D eigenvalue weighted by Gasteiger charge is -2.37. The molecule has 1 aliphatic rings. The molecule has 2 rings (SSSR count). The molecular formula is C18H29N3O3S. The molecule has 0 bridgehead atoms. The van der Waals surface area contributed by atoms with Crippen LogP contribution in [0.25, 0.3) is 0 Å². The molecule has 0 saturated carbocycles. The number of nitrogens with one attached hydrogen (secondary N) is 1. The Hall–Kier alpha value is -1.44. The SMILES string of the molecule is Cc1ccc(S(=O)(=O)N2CCN([C@@H](C)C(=O)NC(C)(C)C)CC2)cc1. The van der Waals surface area contributed by atoms with Gasteiger partial charge in [-0.15, -0.1) is 0 Å². The Morgan fingerprint density at radius 1 is 1.08 bits per heavy atom. The van der Waals surface area contributed by atoms with Crippen LogP contribution in [0.1, 0.15) is 33.3 Å². The molecule has 7 heteroatoms. The van der Waals surface area contributed by atoms with Crippen molar-refractivity contribution in [2.75, 3.05) is 26.2 Å². The monoisotopic (exact) mass is 367 g/mol. The van der Waals surface area contributed by atoms with Crippen LogP contribution in [0, 0.1) is 6.92 Å². The molecular weight excluding hydrogens is 338 g/mol. The fraction of sp³-hybridized carbons (Fsp3) is 0.611. The molecule has 1 N–H and O–H groups in total. The number of sulfonamides is 1. The number of rotatable bonds is 4. The van der Waals surface area contributed by atoms with Crippen molar-refractivity contribution in [3.05, 3.63) is 29.8 Å². The molecule has 1 saturated heterocycles. The second-order valence-corrected chi connectivity index (χ2v) is 9.61. The van der Waals surface area contributed by atoms with Crippen molar-refractivity contribution in [2.45, 2.75) is 51.1 Å². The first-order valence-electron chi connectivity index (χ1n) is 8.63. The summed E-state index contributed by atoms with van der Waals surface area (Å²) in [6.07, 6.45) is 0. The molecule has 1 fully saturated rings. The van der Waals surface area contributed by atoms with Crippen molar-refractivity contribution < 1.29 is 13.2 Å². The second-order valence-electron chi connectivity index (χ2n) is 7.67. The molecule has 25 heavy (non-hydrogen) atoms. The van der Waals surface area contributed by atoms with Crippen LogP contribution >= 0.6 is 0 Å². The van der Waals surface area contributed by atoms with E-state index in [2.05, 4.69) is 5.32 Å². The third-order valence-electron chi connectivity index (χ3n) is 4.36. The topological polar surface area (TPSA) is 69.7 Å². The lowest BCUT2D eigenvalue weighted by Crippen LogP contribution is -2.56. The highest BCUT2D eigenvalue weighted by Crippen LogP contribution is 2.19. The Labute approximate surface area is 151 Å². The number of hydrogen-bond acceptors (Lipinski definition) is 4. The highest BCUT2D eigenvalue weighted by molar-refractivity contribution is 7.89. The average Bonchev–Trinajstić information content (AvgIpc) is 2.53. The van der Waals surface area contributed by atoms with E-state index >= 15 is 0 Å². The Bertz CT molecular complexity index is 700. The number of carbonyl (C=O) groups is 1. The van der Waals surface area contributed by atoms with Crippen LogP contribution in [0.5, 0.6) is 0 Å². The van der Waals surface area contributed by atoms with Gasteiger partial charge < -0.3 is 5.32 Å². The number of nitrogens with zero attached hydrogens (tertiary/aromatic N) is 2. The fourth-order valence-corrected chi connectivity index (χ4v) is 4.25. The third-order valence-corrected chi connectivity index (χ3v) is 6.27. The Morgan fingerprint density at radius 3 is 2.08 bits per heavy atom. The highest BCUT2D eigenvalue weighted by atomic mass is 32.2. The lowest BCUT2D eigenvalue weighted by molar-refractivity contribution is -0.127. The first-order valence-corrected chi connectivity index (χ1v) is 10.1. The van der Waals surface area contributed by atoms with E-state index < -0.39 is 10.0 Å². The minimum absolute atomic E-state index is 0.0256. The number of amides is 1. The fourth-order valence-electron chi connectivity index (χ4n) is 2.83. The molecule has 140 valence electrons. The van der Waals surface area contributed by atoms with E-state index in [1.165, 1.54) is 4.31 Å². The summed E-state index contributed by atoms with van der Waals surface area (Å²) < 4.78 is 27.0. The summed E-state index contributed by atoms with van der Waals surface area (Å²) in [5, 5.41) is 2.98. The summed E-state index contributed by atoms with van der Waals surface area (Å²) in [6.45, 7) is 11.5. The molecule has 1 atom stereocenters. The van der Waals surface area contributed by atoms with Gasteiger partial charge in [-0.25, -0.2) is 8.42 Å². The van der Waals surface area contributed by atoms with Crippen molar-refractivity contribution in [1.82, 2.24) is 14.5 Å². The van der Waals surface area contributed by atoms with E-state index in [-0.39, 0.29) is 17.5 Å². The molecule has 0 spiro atoms. The van der Waals surface area contributed by atoms with Crippen molar-refractivity contribution in [3.8, 4) is 0 Å². The Morgan fingerprint density at radius 2 is 1.60 bits per heavy atom. The molecule has 1 amide bonds. The number of benzene rings is 1. The minimum atomic E-state index is -3.47. The van der Waals surface area contributed by atoms with Gasteiger partial charge in [0, 0.05) is 31.7 Å². The van der Waals surface area contributed by atoms with E-state index in [1.807, 2.05) is 51.7 Å². The zero-order valence-electron chi connectivity index (χ0n) is 15.7. The van der Waals surface area contributed by atoms with Crippen molar-refractivity contribution >= 4 is 15.9 Å². The quantitative estimate of drug-likeness (QED) is 0.878. The number of piperazine rings is 1. The van der Waals surface area contributed by atoms with Gasteiger partial charge in [-0.05, 0) is 46.8 Å². The van der Waals surface area contributed by atoms with Gasteiger partial charge in [0.1, 0.15) is 0 Å².